The topological polar surface area (TPSA) is 68.3 Å². The molecule has 2 aromatic rings. The number of aromatic nitrogens is 1. The maximum absolute atomic E-state index is 13.6. The molecule has 0 fully saturated rings. The van der Waals surface area contributed by atoms with Gasteiger partial charge in [-0.1, -0.05) is 15.9 Å². The van der Waals surface area contributed by atoms with Crippen LogP contribution < -0.4 is 5.32 Å². The number of anilines is 1. The van der Waals surface area contributed by atoms with Crippen molar-refractivity contribution in [1.82, 2.24) is 4.98 Å². The van der Waals surface area contributed by atoms with Gasteiger partial charge in [-0.05, 0) is 18.2 Å². The molecular weight excluding hydrogens is 363 g/mol. The highest BCUT2D eigenvalue weighted by Gasteiger charge is 2.14. The van der Waals surface area contributed by atoms with Gasteiger partial charge in [-0.25, -0.2) is 14.2 Å². The standard InChI is InChI=1S/C13H10BrFN2O3S/c1-7(18)16-13-17-9(6-21-13)5-20-12(19)10-3-2-8(14)4-11(10)15/h2-4,6H,5H2,1H3,(H,16,17,18). The molecule has 1 heterocycles. The summed E-state index contributed by atoms with van der Waals surface area (Å²) in [5.74, 6) is -1.66. The van der Waals surface area contributed by atoms with Crippen LogP contribution in [0.3, 0.4) is 0 Å². The molecular formula is C13H10BrFN2O3S. The second-order valence-corrected chi connectivity index (χ2v) is 5.80. The van der Waals surface area contributed by atoms with E-state index in [1.54, 1.807) is 11.4 Å². The van der Waals surface area contributed by atoms with Crippen molar-refractivity contribution >= 4 is 44.3 Å². The minimum Gasteiger partial charge on any atom is -0.455 e. The number of carbonyl (C=O) groups excluding carboxylic acids is 2. The third-order valence-corrected chi connectivity index (χ3v) is 3.64. The van der Waals surface area contributed by atoms with Gasteiger partial charge in [0.05, 0.1) is 11.3 Å². The summed E-state index contributed by atoms with van der Waals surface area (Å²) in [6, 6.07) is 4.08. The Bertz CT molecular complexity index is 690. The number of amides is 1. The number of nitrogens with one attached hydrogen (secondary N) is 1. The van der Waals surface area contributed by atoms with Crippen LogP contribution in [0, 0.1) is 5.82 Å². The zero-order valence-corrected chi connectivity index (χ0v) is 13.3. The minimum absolute atomic E-state index is 0.0928. The highest BCUT2D eigenvalue weighted by molar-refractivity contribution is 9.10. The summed E-state index contributed by atoms with van der Waals surface area (Å²) >= 11 is 4.32. The van der Waals surface area contributed by atoms with Crippen LogP contribution in [0.25, 0.3) is 0 Å². The van der Waals surface area contributed by atoms with E-state index in [9.17, 15) is 14.0 Å². The lowest BCUT2D eigenvalue weighted by atomic mass is 10.2. The van der Waals surface area contributed by atoms with Gasteiger partial charge in [-0.3, -0.25) is 4.79 Å². The lowest BCUT2D eigenvalue weighted by Gasteiger charge is -2.04. The summed E-state index contributed by atoms with van der Waals surface area (Å²) in [6.07, 6.45) is 0. The fourth-order valence-electron chi connectivity index (χ4n) is 1.45. The van der Waals surface area contributed by atoms with Gasteiger partial charge in [0.15, 0.2) is 5.13 Å². The molecule has 1 aromatic carbocycles. The molecule has 1 N–H and O–H groups in total. The Morgan fingerprint density at radius 1 is 1.48 bits per heavy atom. The van der Waals surface area contributed by atoms with E-state index in [4.69, 9.17) is 4.74 Å². The second-order valence-electron chi connectivity index (χ2n) is 4.03. The first-order valence-electron chi connectivity index (χ1n) is 5.80. The summed E-state index contributed by atoms with van der Waals surface area (Å²) in [4.78, 5) is 26.7. The number of halogens is 2. The molecule has 110 valence electrons. The zero-order valence-electron chi connectivity index (χ0n) is 10.9. The largest absolute Gasteiger partial charge is 0.455 e. The van der Waals surface area contributed by atoms with Crippen molar-refractivity contribution in [2.45, 2.75) is 13.5 Å². The molecule has 8 heteroatoms. The fourth-order valence-corrected chi connectivity index (χ4v) is 2.53. The number of carbonyl (C=O) groups is 2. The molecule has 0 saturated carbocycles. The van der Waals surface area contributed by atoms with Crippen LogP contribution in [-0.2, 0) is 16.1 Å². The van der Waals surface area contributed by atoms with Gasteiger partial charge in [0.25, 0.3) is 0 Å². The van der Waals surface area contributed by atoms with E-state index in [1.165, 1.54) is 30.4 Å². The van der Waals surface area contributed by atoms with E-state index >= 15 is 0 Å². The molecule has 0 aliphatic heterocycles. The molecule has 0 saturated heterocycles. The lowest BCUT2D eigenvalue weighted by molar-refractivity contribution is -0.114. The number of ether oxygens (including phenoxy) is 1. The molecule has 0 bridgehead atoms. The van der Waals surface area contributed by atoms with E-state index in [-0.39, 0.29) is 18.1 Å². The third-order valence-electron chi connectivity index (χ3n) is 2.34. The summed E-state index contributed by atoms with van der Waals surface area (Å²) in [5.41, 5.74) is 0.338. The number of hydrogen-bond donors (Lipinski definition) is 1. The van der Waals surface area contributed by atoms with Gasteiger partial charge in [-0.15, -0.1) is 11.3 Å². The van der Waals surface area contributed by atoms with E-state index in [0.717, 1.165) is 0 Å². The van der Waals surface area contributed by atoms with Crippen LogP contribution in [0.5, 0.6) is 0 Å². The maximum Gasteiger partial charge on any atom is 0.341 e. The molecule has 0 spiro atoms. The molecule has 0 aliphatic carbocycles. The normalized spacial score (nSPS) is 10.2. The van der Waals surface area contributed by atoms with Crippen molar-refractivity contribution in [2.24, 2.45) is 0 Å². The molecule has 5 nitrogen and oxygen atoms in total. The van der Waals surface area contributed by atoms with Crippen molar-refractivity contribution in [3.8, 4) is 0 Å². The number of nitrogens with zero attached hydrogens (tertiary/aromatic N) is 1. The van der Waals surface area contributed by atoms with Crippen LogP contribution in [0.1, 0.15) is 23.0 Å². The first-order chi connectivity index (χ1) is 9.95. The SMILES string of the molecule is CC(=O)Nc1nc(COC(=O)c2ccc(Br)cc2F)cs1. The average molecular weight is 373 g/mol. The number of esters is 1. The minimum atomic E-state index is -0.769. The first-order valence-corrected chi connectivity index (χ1v) is 7.47. The Labute approximate surface area is 132 Å². The fraction of sp³-hybridized carbons (Fsp3) is 0.154. The third kappa shape index (κ3) is 4.33. The molecule has 0 atom stereocenters. The highest BCUT2D eigenvalue weighted by atomic mass is 79.9. The second kappa shape index (κ2) is 6.77. The Morgan fingerprint density at radius 3 is 2.90 bits per heavy atom. The molecule has 1 aromatic heterocycles. The Hall–Kier alpha value is -1.80. The molecule has 0 aliphatic rings. The number of hydrogen-bond acceptors (Lipinski definition) is 5. The number of rotatable bonds is 4. The Balaban J connectivity index is 1.97. The first kappa shape index (κ1) is 15.6. The Kier molecular flexibility index (Phi) is 5.03. The molecule has 0 radical (unpaired) electrons. The molecule has 1 amide bonds. The van der Waals surface area contributed by atoms with Gasteiger partial charge in [0, 0.05) is 16.8 Å². The quantitative estimate of drug-likeness (QED) is 0.835. The van der Waals surface area contributed by atoms with Crippen molar-refractivity contribution in [1.29, 1.82) is 0 Å². The van der Waals surface area contributed by atoms with Crippen molar-refractivity contribution in [2.75, 3.05) is 5.32 Å². The van der Waals surface area contributed by atoms with Gasteiger partial charge in [-0.2, -0.15) is 0 Å². The summed E-state index contributed by atoms with van der Waals surface area (Å²) in [7, 11) is 0. The summed E-state index contributed by atoms with van der Waals surface area (Å²) < 4.78 is 19.1. The highest BCUT2D eigenvalue weighted by Crippen LogP contribution is 2.18. The van der Waals surface area contributed by atoms with Crippen molar-refractivity contribution in [3.63, 3.8) is 0 Å². The van der Waals surface area contributed by atoms with Gasteiger partial charge in [0.1, 0.15) is 12.4 Å². The van der Waals surface area contributed by atoms with Crippen molar-refractivity contribution in [3.05, 3.63) is 45.1 Å². The summed E-state index contributed by atoms with van der Waals surface area (Å²) in [5, 5.41) is 4.59. The maximum atomic E-state index is 13.6. The average Bonchev–Trinajstić information content (AvgIpc) is 2.82. The predicted molar refractivity (Wildman–Crippen MR) is 79.6 cm³/mol. The van der Waals surface area contributed by atoms with Crippen molar-refractivity contribution < 1.29 is 18.7 Å². The zero-order chi connectivity index (χ0) is 15.4. The van der Waals surface area contributed by atoms with Crippen LogP contribution in [0.15, 0.2) is 28.1 Å². The molecule has 21 heavy (non-hydrogen) atoms. The van der Waals surface area contributed by atoms with Crippen LogP contribution in [-0.4, -0.2) is 16.9 Å². The lowest BCUT2D eigenvalue weighted by Crippen LogP contribution is -2.08. The van der Waals surface area contributed by atoms with Gasteiger partial charge < -0.3 is 10.1 Å². The van der Waals surface area contributed by atoms with Crippen LogP contribution in [0.4, 0.5) is 9.52 Å². The van der Waals surface area contributed by atoms with E-state index in [2.05, 4.69) is 26.2 Å². The molecule has 0 unspecified atom stereocenters. The van der Waals surface area contributed by atoms with E-state index < -0.39 is 11.8 Å². The van der Waals surface area contributed by atoms with Crippen LogP contribution >= 0.6 is 27.3 Å². The monoisotopic (exact) mass is 372 g/mol. The van der Waals surface area contributed by atoms with Gasteiger partial charge >= 0.3 is 5.97 Å². The van der Waals surface area contributed by atoms with E-state index in [1.807, 2.05) is 0 Å². The predicted octanol–water partition coefficient (Wildman–Crippen LogP) is 3.36. The van der Waals surface area contributed by atoms with E-state index in [0.29, 0.717) is 15.3 Å². The summed E-state index contributed by atoms with van der Waals surface area (Å²) in [6.45, 7) is 1.28. The molecule has 2 rings (SSSR count). The number of thiazole rings is 1. The Morgan fingerprint density at radius 2 is 2.24 bits per heavy atom. The smallest absolute Gasteiger partial charge is 0.341 e. The van der Waals surface area contributed by atoms with Gasteiger partial charge in [0.2, 0.25) is 5.91 Å². The number of benzene rings is 1. The van der Waals surface area contributed by atoms with Crippen LogP contribution in [0.2, 0.25) is 0 Å².